The molecule has 0 aliphatic carbocycles. The fourth-order valence-electron chi connectivity index (χ4n) is 2.70. The summed E-state index contributed by atoms with van der Waals surface area (Å²) >= 11 is 4.98. The van der Waals surface area contributed by atoms with Crippen molar-refractivity contribution in [3.05, 3.63) is 52.8 Å². The van der Waals surface area contributed by atoms with E-state index in [1.807, 2.05) is 29.0 Å². The van der Waals surface area contributed by atoms with Gasteiger partial charge in [0.15, 0.2) is 4.80 Å². The summed E-state index contributed by atoms with van der Waals surface area (Å²) in [5.74, 6) is 3.54. The lowest BCUT2D eigenvalue weighted by molar-refractivity contribution is -0.117. The molecule has 3 rings (SSSR count). The fourth-order valence-corrected chi connectivity index (χ4v) is 4.96. The summed E-state index contributed by atoms with van der Waals surface area (Å²) in [5, 5.41) is 0. The van der Waals surface area contributed by atoms with Gasteiger partial charge >= 0.3 is 0 Å². The topological polar surface area (TPSA) is 34.4 Å². The van der Waals surface area contributed by atoms with Crippen molar-refractivity contribution < 1.29 is 4.79 Å². The first-order valence-electron chi connectivity index (χ1n) is 8.54. The van der Waals surface area contributed by atoms with Crippen LogP contribution in [0.2, 0.25) is 0 Å². The summed E-state index contributed by atoms with van der Waals surface area (Å²) in [6.07, 6.45) is 7.86. The van der Waals surface area contributed by atoms with Crippen LogP contribution in [-0.4, -0.2) is 22.5 Å². The van der Waals surface area contributed by atoms with Gasteiger partial charge in [0.1, 0.15) is 0 Å². The predicted molar refractivity (Wildman–Crippen MR) is 118 cm³/mol. The summed E-state index contributed by atoms with van der Waals surface area (Å²) in [6, 6.07) is 14.3. The zero-order chi connectivity index (χ0) is 19.2. The summed E-state index contributed by atoms with van der Waals surface area (Å²) in [5.41, 5.74) is 1.99. The van der Waals surface area contributed by atoms with Crippen LogP contribution in [0.5, 0.6) is 0 Å². The van der Waals surface area contributed by atoms with E-state index in [0.29, 0.717) is 11.3 Å². The highest BCUT2D eigenvalue weighted by Crippen LogP contribution is 2.24. The quantitative estimate of drug-likeness (QED) is 0.429. The molecule has 0 aliphatic rings. The molecule has 2 aromatic carbocycles. The Bertz CT molecular complexity index is 1060. The Morgan fingerprint density at radius 1 is 1.22 bits per heavy atom. The van der Waals surface area contributed by atoms with Gasteiger partial charge in [-0.15, -0.1) is 29.9 Å². The zero-order valence-corrected chi connectivity index (χ0v) is 17.7. The van der Waals surface area contributed by atoms with Gasteiger partial charge in [-0.25, -0.2) is 0 Å². The first-order valence-corrected chi connectivity index (χ1v) is 11.6. The molecule has 0 N–H and O–H groups in total. The van der Waals surface area contributed by atoms with E-state index in [2.05, 4.69) is 42.1 Å². The normalized spacial score (nSPS) is 11.7. The van der Waals surface area contributed by atoms with Gasteiger partial charge in [0.05, 0.1) is 23.2 Å². The maximum absolute atomic E-state index is 12.5. The van der Waals surface area contributed by atoms with Crippen molar-refractivity contribution in [2.45, 2.75) is 29.7 Å². The van der Waals surface area contributed by atoms with Crippen LogP contribution in [0, 0.1) is 12.3 Å². The lowest BCUT2D eigenvalue weighted by atomic mass is 10.1. The third-order valence-electron chi connectivity index (χ3n) is 3.95. The Morgan fingerprint density at radius 2 is 1.96 bits per heavy atom. The molecule has 0 spiro atoms. The Morgan fingerprint density at radius 3 is 2.63 bits per heavy atom. The standard InChI is InChI=1S/C21H20N2OS3/c1-4-12-23-18-11-10-17(25-3)14-19(18)27-21(23)22-20(24)13-15-6-8-16(9-7-15)26-5-2/h1,6-11,14H,5,12-13H2,2-3H3. The van der Waals surface area contributed by atoms with Gasteiger partial charge in [0.2, 0.25) is 0 Å². The Hall–Kier alpha value is -1.94. The third-order valence-corrected chi connectivity index (χ3v) is 6.61. The van der Waals surface area contributed by atoms with Crippen molar-refractivity contribution in [3.8, 4) is 12.3 Å². The Kier molecular flexibility index (Phi) is 6.84. The van der Waals surface area contributed by atoms with E-state index in [1.165, 1.54) is 21.1 Å². The number of hydrogen-bond donors (Lipinski definition) is 0. The van der Waals surface area contributed by atoms with Crippen LogP contribution >= 0.6 is 34.9 Å². The molecule has 3 aromatic rings. The highest BCUT2D eigenvalue weighted by molar-refractivity contribution is 7.99. The molecule has 0 radical (unpaired) electrons. The van der Waals surface area contributed by atoms with E-state index in [9.17, 15) is 4.79 Å². The molecule has 1 aromatic heterocycles. The molecule has 0 bridgehead atoms. The summed E-state index contributed by atoms with van der Waals surface area (Å²) in [6.45, 7) is 2.52. The van der Waals surface area contributed by atoms with Crippen LogP contribution in [0.25, 0.3) is 10.2 Å². The maximum atomic E-state index is 12.5. The maximum Gasteiger partial charge on any atom is 0.252 e. The van der Waals surface area contributed by atoms with Crippen molar-refractivity contribution in [1.29, 1.82) is 0 Å². The summed E-state index contributed by atoms with van der Waals surface area (Å²) < 4.78 is 3.02. The monoisotopic (exact) mass is 412 g/mol. The number of nitrogens with zero attached hydrogens (tertiary/aromatic N) is 2. The molecule has 27 heavy (non-hydrogen) atoms. The minimum atomic E-state index is -0.159. The number of carbonyl (C=O) groups excluding carboxylic acids is 1. The molecule has 0 saturated heterocycles. The molecule has 0 aliphatic heterocycles. The fraction of sp³-hybridized carbons (Fsp3) is 0.238. The number of terminal acetylenes is 1. The summed E-state index contributed by atoms with van der Waals surface area (Å²) in [7, 11) is 0. The molecule has 0 fully saturated rings. The van der Waals surface area contributed by atoms with Gasteiger partial charge in [-0.05, 0) is 47.9 Å². The second-order valence-corrected chi connectivity index (χ2v) is 8.99. The number of carbonyl (C=O) groups is 1. The molecule has 3 nitrogen and oxygen atoms in total. The predicted octanol–water partition coefficient (Wildman–Crippen LogP) is 4.84. The smallest absolute Gasteiger partial charge is 0.252 e. The lowest BCUT2D eigenvalue weighted by Crippen LogP contribution is -2.17. The minimum absolute atomic E-state index is 0.159. The molecular weight excluding hydrogens is 392 g/mol. The van der Waals surface area contributed by atoms with Crippen LogP contribution < -0.4 is 4.80 Å². The molecule has 1 heterocycles. The van der Waals surface area contributed by atoms with Gasteiger partial charge in [-0.1, -0.05) is 36.3 Å². The van der Waals surface area contributed by atoms with Gasteiger partial charge < -0.3 is 4.57 Å². The zero-order valence-electron chi connectivity index (χ0n) is 15.3. The van der Waals surface area contributed by atoms with E-state index >= 15 is 0 Å². The van der Waals surface area contributed by atoms with Crippen LogP contribution in [0.4, 0.5) is 0 Å². The second-order valence-electron chi connectivity index (χ2n) is 5.77. The number of amides is 1. The van der Waals surface area contributed by atoms with E-state index in [-0.39, 0.29) is 12.3 Å². The number of fused-ring (bicyclic) bond motifs is 1. The van der Waals surface area contributed by atoms with Gasteiger partial charge in [-0.3, -0.25) is 4.79 Å². The average molecular weight is 413 g/mol. The number of rotatable bonds is 6. The highest BCUT2D eigenvalue weighted by atomic mass is 32.2. The van der Waals surface area contributed by atoms with Gasteiger partial charge in [0.25, 0.3) is 5.91 Å². The second kappa shape index (κ2) is 9.32. The molecule has 0 atom stereocenters. The van der Waals surface area contributed by atoms with Gasteiger partial charge in [-0.2, -0.15) is 4.99 Å². The number of aromatic nitrogens is 1. The number of benzene rings is 2. The van der Waals surface area contributed by atoms with Gasteiger partial charge in [0, 0.05) is 9.79 Å². The third kappa shape index (κ3) is 4.86. The Labute approximate surface area is 171 Å². The van der Waals surface area contributed by atoms with Crippen molar-refractivity contribution in [2.24, 2.45) is 4.99 Å². The average Bonchev–Trinajstić information content (AvgIpc) is 3.00. The van der Waals surface area contributed by atoms with E-state index in [4.69, 9.17) is 6.42 Å². The minimum Gasteiger partial charge on any atom is -0.305 e. The number of hydrogen-bond acceptors (Lipinski definition) is 4. The molecule has 6 heteroatoms. The number of thiazole rings is 1. The van der Waals surface area contributed by atoms with E-state index < -0.39 is 0 Å². The van der Waals surface area contributed by atoms with Crippen molar-refractivity contribution in [3.63, 3.8) is 0 Å². The highest BCUT2D eigenvalue weighted by Gasteiger charge is 2.09. The van der Waals surface area contributed by atoms with Crippen LogP contribution in [0.1, 0.15) is 12.5 Å². The molecule has 138 valence electrons. The first-order chi connectivity index (χ1) is 13.1. The molecule has 0 saturated carbocycles. The number of thioether (sulfide) groups is 2. The van der Waals surface area contributed by atoms with E-state index in [0.717, 1.165) is 21.5 Å². The van der Waals surface area contributed by atoms with Crippen molar-refractivity contribution >= 4 is 51.0 Å². The molecule has 0 unspecified atom stereocenters. The van der Waals surface area contributed by atoms with Crippen LogP contribution in [-0.2, 0) is 17.8 Å². The molecular formula is C21H20N2OS3. The lowest BCUT2D eigenvalue weighted by Gasteiger charge is -2.02. The SMILES string of the molecule is C#CCn1c(=NC(=O)Cc2ccc(SCC)cc2)sc2cc(SC)ccc21. The summed E-state index contributed by atoms with van der Waals surface area (Å²) in [4.78, 5) is 19.9. The van der Waals surface area contributed by atoms with Crippen molar-refractivity contribution in [1.82, 2.24) is 4.57 Å². The largest absolute Gasteiger partial charge is 0.305 e. The first kappa shape index (κ1) is 19.8. The van der Waals surface area contributed by atoms with Crippen molar-refractivity contribution in [2.75, 3.05) is 12.0 Å². The van der Waals surface area contributed by atoms with Crippen LogP contribution in [0.15, 0.2) is 57.2 Å². The van der Waals surface area contributed by atoms with E-state index in [1.54, 1.807) is 23.5 Å². The van der Waals surface area contributed by atoms with Crippen LogP contribution in [0.3, 0.4) is 0 Å². The Balaban J connectivity index is 1.90. The molecule has 1 amide bonds.